The van der Waals surface area contributed by atoms with E-state index in [1.54, 1.807) is 0 Å². The summed E-state index contributed by atoms with van der Waals surface area (Å²) in [7, 11) is 0. The zero-order valence-electron chi connectivity index (χ0n) is 14.2. The highest BCUT2D eigenvalue weighted by Gasteiger charge is 2.22. The van der Waals surface area contributed by atoms with Crippen molar-refractivity contribution < 1.29 is 4.79 Å². The van der Waals surface area contributed by atoms with Gasteiger partial charge >= 0.3 is 0 Å². The van der Waals surface area contributed by atoms with Crippen LogP contribution in [-0.4, -0.2) is 23.9 Å². The summed E-state index contributed by atoms with van der Waals surface area (Å²) in [4.78, 5) is 14.7. The predicted octanol–water partition coefficient (Wildman–Crippen LogP) is 5.02. The largest absolute Gasteiger partial charge is 0.343 e. The number of hydrogen-bond acceptors (Lipinski definition) is 1. The van der Waals surface area contributed by atoms with Crippen LogP contribution in [0.25, 0.3) is 0 Å². The minimum absolute atomic E-state index is 0.315. The third-order valence-corrected chi connectivity index (χ3v) is 4.45. The molecule has 2 heteroatoms. The van der Waals surface area contributed by atoms with Crippen molar-refractivity contribution in [2.75, 3.05) is 13.1 Å². The van der Waals surface area contributed by atoms with Gasteiger partial charge < -0.3 is 4.90 Å². The van der Waals surface area contributed by atoms with Crippen molar-refractivity contribution in [2.24, 2.45) is 11.3 Å². The normalized spacial score (nSPS) is 17.2. The second-order valence-corrected chi connectivity index (χ2v) is 7.75. The molecule has 20 heavy (non-hydrogen) atoms. The molecule has 0 aromatic heterocycles. The zero-order valence-corrected chi connectivity index (χ0v) is 14.2. The maximum atomic E-state index is 12.6. The maximum Gasteiger partial charge on any atom is 0.222 e. The van der Waals surface area contributed by atoms with Crippen molar-refractivity contribution in [3.8, 4) is 0 Å². The van der Waals surface area contributed by atoms with Gasteiger partial charge in [-0.25, -0.2) is 0 Å². The maximum absolute atomic E-state index is 12.6. The lowest BCUT2D eigenvalue weighted by molar-refractivity contribution is -0.132. The average Bonchev–Trinajstić information content (AvgIpc) is 2.38. The van der Waals surface area contributed by atoms with Crippen molar-refractivity contribution in [3.05, 3.63) is 0 Å². The van der Waals surface area contributed by atoms with E-state index in [1.165, 1.54) is 38.5 Å². The second-order valence-electron chi connectivity index (χ2n) is 7.75. The molecule has 0 saturated heterocycles. The van der Waals surface area contributed by atoms with Gasteiger partial charge in [-0.1, -0.05) is 53.4 Å². The Morgan fingerprint density at radius 2 is 1.75 bits per heavy atom. The van der Waals surface area contributed by atoms with E-state index in [0.29, 0.717) is 17.2 Å². The summed E-state index contributed by atoms with van der Waals surface area (Å²) in [6, 6.07) is 0. The smallest absolute Gasteiger partial charge is 0.222 e. The van der Waals surface area contributed by atoms with Crippen LogP contribution in [0, 0.1) is 11.3 Å². The van der Waals surface area contributed by atoms with Gasteiger partial charge in [0, 0.05) is 19.5 Å². The molecule has 0 bridgehead atoms. The third kappa shape index (κ3) is 7.31. The Hall–Kier alpha value is -0.530. The average molecular weight is 281 g/mol. The highest BCUT2D eigenvalue weighted by molar-refractivity contribution is 5.76. The summed E-state index contributed by atoms with van der Waals surface area (Å²) in [5.74, 6) is 1.07. The summed E-state index contributed by atoms with van der Waals surface area (Å²) < 4.78 is 0. The lowest BCUT2D eigenvalue weighted by Gasteiger charge is -2.29. The predicted molar refractivity (Wildman–Crippen MR) is 86.8 cm³/mol. The van der Waals surface area contributed by atoms with Gasteiger partial charge in [0.1, 0.15) is 0 Å². The van der Waals surface area contributed by atoms with E-state index in [9.17, 15) is 4.79 Å². The highest BCUT2D eigenvalue weighted by atomic mass is 16.2. The number of hydrogen-bond donors (Lipinski definition) is 0. The van der Waals surface area contributed by atoms with Gasteiger partial charge in [0.2, 0.25) is 5.91 Å². The molecule has 0 atom stereocenters. The number of carbonyl (C=O) groups excluding carboxylic acids is 1. The van der Waals surface area contributed by atoms with Gasteiger partial charge in [-0.05, 0) is 37.0 Å². The zero-order chi connectivity index (χ0) is 15.0. The fraction of sp³-hybridized carbons (Fsp3) is 0.944. The summed E-state index contributed by atoms with van der Waals surface area (Å²) in [5, 5.41) is 0. The minimum atomic E-state index is 0.315. The standard InChI is InChI=1S/C18H35NO/c1-5-6-13-19(14-12-18(2,3)4)17(20)15-16-10-8-7-9-11-16/h16H,5-15H2,1-4H3. The molecule has 1 rings (SSSR count). The van der Waals surface area contributed by atoms with Crippen molar-refractivity contribution in [3.63, 3.8) is 0 Å². The lowest BCUT2D eigenvalue weighted by atomic mass is 9.86. The number of nitrogens with zero attached hydrogens (tertiary/aromatic N) is 1. The lowest BCUT2D eigenvalue weighted by Crippen LogP contribution is -2.35. The van der Waals surface area contributed by atoms with Gasteiger partial charge in [0.05, 0.1) is 0 Å². The van der Waals surface area contributed by atoms with Gasteiger partial charge in [-0.15, -0.1) is 0 Å². The van der Waals surface area contributed by atoms with Crippen molar-refractivity contribution in [2.45, 2.75) is 85.5 Å². The molecule has 1 fully saturated rings. The molecule has 0 spiro atoms. The molecule has 1 aliphatic carbocycles. The molecule has 0 radical (unpaired) electrons. The third-order valence-electron chi connectivity index (χ3n) is 4.45. The van der Waals surface area contributed by atoms with E-state index >= 15 is 0 Å². The van der Waals surface area contributed by atoms with E-state index < -0.39 is 0 Å². The van der Waals surface area contributed by atoms with E-state index in [2.05, 4.69) is 32.6 Å². The number of amides is 1. The van der Waals surface area contributed by atoms with Crippen LogP contribution < -0.4 is 0 Å². The van der Waals surface area contributed by atoms with Gasteiger partial charge in [0.15, 0.2) is 0 Å². The monoisotopic (exact) mass is 281 g/mol. The molecule has 0 unspecified atom stereocenters. The molecule has 0 aliphatic heterocycles. The fourth-order valence-corrected chi connectivity index (χ4v) is 2.95. The van der Waals surface area contributed by atoms with Gasteiger partial charge in [0.25, 0.3) is 0 Å². The van der Waals surface area contributed by atoms with Crippen molar-refractivity contribution in [1.29, 1.82) is 0 Å². The first-order valence-corrected chi connectivity index (χ1v) is 8.70. The fourth-order valence-electron chi connectivity index (χ4n) is 2.95. The van der Waals surface area contributed by atoms with Gasteiger partial charge in [-0.3, -0.25) is 4.79 Å². The topological polar surface area (TPSA) is 20.3 Å². The summed E-state index contributed by atoms with van der Waals surface area (Å²) in [6.07, 6.45) is 10.8. The Bertz CT molecular complexity index is 274. The van der Waals surface area contributed by atoms with Crippen LogP contribution in [0.1, 0.15) is 85.5 Å². The number of carbonyl (C=O) groups is 1. The molecule has 1 aliphatic rings. The second kappa shape index (κ2) is 8.69. The SMILES string of the molecule is CCCCN(CCC(C)(C)C)C(=O)CC1CCCCC1. The van der Waals surface area contributed by atoms with E-state index in [0.717, 1.165) is 32.4 Å². The number of unbranched alkanes of at least 4 members (excludes halogenated alkanes) is 1. The van der Waals surface area contributed by atoms with E-state index in [1.807, 2.05) is 0 Å². The van der Waals surface area contributed by atoms with Crippen LogP contribution >= 0.6 is 0 Å². The summed E-state index contributed by atoms with van der Waals surface area (Å²) in [5.41, 5.74) is 0.315. The highest BCUT2D eigenvalue weighted by Crippen LogP contribution is 2.27. The molecule has 0 heterocycles. The summed E-state index contributed by atoms with van der Waals surface area (Å²) >= 11 is 0. The molecule has 1 saturated carbocycles. The summed E-state index contributed by atoms with van der Waals surface area (Å²) in [6.45, 7) is 10.9. The quantitative estimate of drug-likeness (QED) is 0.641. The molecule has 1 amide bonds. The molecule has 0 aromatic rings. The van der Waals surface area contributed by atoms with Crippen LogP contribution in [0.4, 0.5) is 0 Å². The Morgan fingerprint density at radius 3 is 2.30 bits per heavy atom. The first-order valence-electron chi connectivity index (χ1n) is 8.70. The molecule has 118 valence electrons. The Balaban J connectivity index is 2.45. The molecule has 2 nitrogen and oxygen atoms in total. The van der Waals surface area contributed by atoms with Crippen LogP contribution in [0.15, 0.2) is 0 Å². The Kier molecular flexibility index (Phi) is 7.61. The van der Waals surface area contributed by atoms with Gasteiger partial charge in [-0.2, -0.15) is 0 Å². The first-order chi connectivity index (χ1) is 9.42. The van der Waals surface area contributed by atoms with Crippen LogP contribution in [0.3, 0.4) is 0 Å². The van der Waals surface area contributed by atoms with Crippen molar-refractivity contribution in [1.82, 2.24) is 4.90 Å². The van der Waals surface area contributed by atoms with E-state index in [-0.39, 0.29) is 0 Å². The van der Waals surface area contributed by atoms with Crippen LogP contribution in [-0.2, 0) is 4.79 Å². The molecule has 0 N–H and O–H groups in total. The Labute approximate surface area is 126 Å². The van der Waals surface area contributed by atoms with Crippen molar-refractivity contribution >= 4 is 5.91 Å². The van der Waals surface area contributed by atoms with Crippen LogP contribution in [0.2, 0.25) is 0 Å². The molecular weight excluding hydrogens is 246 g/mol. The van der Waals surface area contributed by atoms with Crippen LogP contribution in [0.5, 0.6) is 0 Å². The molecule has 0 aromatic carbocycles. The number of rotatable bonds is 7. The first kappa shape index (κ1) is 17.5. The minimum Gasteiger partial charge on any atom is -0.343 e. The Morgan fingerprint density at radius 1 is 1.10 bits per heavy atom. The van der Waals surface area contributed by atoms with E-state index in [4.69, 9.17) is 0 Å². The molecular formula is C18H35NO.